The molecule has 0 saturated carbocycles. The average molecular weight is 371 g/mol. The number of hydrogen-bond acceptors (Lipinski definition) is 3. The molecule has 3 aromatic rings. The quantitative estimate of drug-likeness (QED) is 0.647. The van der Waals surface area contributed by atoms with E-state index < -0.39 is 6.09 Å². The molecule has 4 nitrogen and oxygen atoms in total. The Hall–Kier alpha value is -3.40. The van der Waals surface area contributed by atoms with Gasteiger partial charge in [-0.3, -0.25) is 4.79 Å². The number of carbonyl (C=O) groups is 2. The molecule has 0 atom stereocenters. The Morgan fingerprint density at radius 2 is 1.43 bits per heavy atom. The highest BCUT2D eigenvalue weighted by Gasteiger charge is 2.28. The van der Waals surface area contributed by atoms with E-state index in [4.69, 9.17) is 4.74 Å². The molecular weight excluding hydrogens is 350 g/mol. The lowest BCUT2D eigenvalue weighted by atomic mass is 9.98. The molecule has 4 heteroatoms. The topological polar surface area (TPSA) is 55.4 Å². The number of alkyl carbamates (subject to hydrolysis) is 1. The minimum Gasteiger partial charge on any atom is -0.449 e. The van der Waals surface area contributed by atoms with Gasteiger partial charge >= 0.3 is 6.09 Å². The van der Waals surface area contributed by atoms with Gasteiger partial charge in [-0.1, -0.05) is 72.8 Å². The lowest BCUT2D eigenvalue weighted by Crippen LogP contribution is -2.25. The lowest BCUT2D eigenvalue weighted by molar-refractivity contribution is 0.101. The summed E-state index contributed by atoms with van der Waals surface area (Å²) in [5.74, 6) is 0.0732. The summed E-state index contributed by atoms with van der Waals surface area (Å²) < 4.78 is 5.52. The van der Waals surface area contributed by atoms with Crippen LogP contribution in [0.5, 0.6) is 0 Å². The zero-order chi connectivity index (χ0) is 19.5. The van der Waals surface area contributed by atoms with Crippen molar-refractivity contribution in [3.8, 4) is 11.1 Å². The molecule has 0 aromatic heterocycles. The van der Waals surface area contributed by atoms with E-state index in [0.29, 0.717) is 18.7 Å². The Morgan fingerprint density at radius 3 is 2.00 bits per heavy atom. The second-order valence-electron chi connectivity index (χ2n) is 6.93. The molecule has 0 radical (unpaired) electrons. The Bertz CT molecular complexity index is 979. The van der Waals surface area contributed by atoms with Crippen LogP contribution in [-0.4, -0.2) is 18.5 Å². The van der Waals surface area contributed by atoms with E-state index in [1.165, 1.54) is 29.2 Å². The van der Waals surface area contributed by atoms with Gasteiger partial charge in [-0.2, -0.15) is 0 Å². The van der Waals surface area contributed by atoms with E-state index in [1.807, 2.05) is 36.4 Å². The minimum absolute atomic E-state index is 0.0241. The third-order valence-corrected chi connectivity index (χ3v) is 5.14. The highest BCUT2D eigenvalue weighted by Crippen LogP contribution is 2.44. The first-order valence-corrected chi connectivity index (χ1v) is 9.32. The Balaban J connectivity index is 1.38. The third kappa shape index (κ3) is 3.54. The molecule has 0 unspecified atom stereocenters. The number of fused-ring (bicyclic) bond motifs is 3. The van der Waals surface area contributed by atoms with Crippen molar-refractivity contribution in [3.05, 3.63) is 95.1 Å². The number of benzene rings is 3. The van der Waals surface area contributed by atoms with Gasteiger partial charge in [0.25, 0.3) is 0 Å². The van der Waals surface area contributed by atoms with E-state index in [9.17, 15) is 9.59 Å². The lowest BCUT2D eigenvalue weighted by Gasteiger charge is -2.14. The predicted molar refractivity (Wildman–Crippen MR) is 108 cm³/mol. The number of ketones is 1. The van der Waals surface area contributed by atoms with E-state index in [0.717, 1.165) is 5.56 Å². The molecule has 0 heterocycles. The summed E-state index contributed by atoms with van der Waals surface area (Å²) in [6.07, 6.45) is -0.447. The largest absolute Gasteiger partial charge is 0.449 e. The monoisotopic (exact) mass is 371 g/mol. The standard InChI is InChI=1S/C24H21NO3/c1-16(26)18-12-10-17(11-13-18)14-25-24(27)28-15-23-21-8-4-2-6-19(21)20-7-3-5-9-22(20)23/h2-13,23H,14-15H2,1H3,(H,25,27). The fraction of sp³-hybridized carbons (Fsp3) is 0.167. The molecule has 3 aromatic carbocycles. The summed E-state index contributed by atoms with van der Waals surface area (Å²) in [5, 5.41) is 2.77. The van der Waals surface area contributed by atoms with Gasteiger partial charge in [-0.15, -0.1) is 0 Å². The molecule has 28 heavy (non-hydrogen) atoms. The number of carbonyl (C=O) groups excluding carboxylic acids is 2. The van der Waals surface area contributed by atoms with Crippen molar-refractivity contribution in [3.63, 3.8) is 0 Å². The Kier molecular flexibility index (Phi) is 4.94. The summed E-state index contributed by atoms with van der Waals surface area (Å²) >= 11 is 0. The van der Waals surface area contributed by atoms with Gasteiger partial charge in [-0.05, 0) is 34.7 Å². The van der Waals surface area contributed by atoms with Crippen LogP contribution in [0.25, 0.3) is 11.1 Å². The second kappa shape index (κ2) is 7.69. The van der Waals surface area contributed by atoms with Crippen molar-refractivity contribution in [1.82, 2.24) is 5.32 Å². The number of Topliss-reactive ketones (excluding diaryl/α,β-unsaturated/α-hetero) is 1. The maximum absolute atomic E-state index is 12.2. The van der Waals surface area contributed by atoms with Gasteiger partial charge in [0.1, 0.15) is 6.61 Å². The maximum atomic E-state index is 12.2. The van der Waals surface area contributed by atoms with E-state index in [1.54, 1.807) is 12.1 Å². The van der Waals surface area contributed by atoms with E-state index in [2.05, 4.69) is 29.6 Å². The minimum atomic E-state index is -0.447. The fourth-order valence-electron chi connectivity index (χ4n) is 3.68. The van der Waals surface area contributed by atoms with Crippen LogP contribution in [0.15, 0.2) is 72.8 Å². The highest BCUT2D eigenvalue weighted by molar-refractivity contribution is 5.94. The zero-order valence-electron chi connectivity index (χ0n) is 15.6. The molecule has 1 amide bonds. The summed E-state index contributed by atoms with van der Waals surface area (Å²) in [6.45, 7) is 2.18. The van der Waals surface area contributed by atoms with Crippen LogP contribution in [0.1, 0.15) is 39.9 Å². The van der Waals surface area contributed by atoms with Crippen molar-refractivity contribution in [2.24, 2.45) is 0 Å². The van der Waals surface area contributed by atoms with E-state index >= 15 is 0 Å². The molecule has 140 valence electrons. The molecule has 1 aliphatic carbocycles. The predicted octanol–water partition coefficient (Wildman–Crippen LogP) is 4.93. The van der Waals surface area contributed by atoms with Gasteiger partial charge in [0.15, 0.2) is 5.78 Å². The van der Waals surface area contributed by atoms with E-state index in [-0.39, 0.29) is 11.7 Å². The smallest absolute Gasteiger partial charge is 0.407 e. The molecule has 0 aliphatic heterocycles. The van der Waals surface area contributed by atoms with Gasteiger partial charge in [0.05, 0.1) is 0 Å². The molecule has 1 N–H and O–H groups in total. The zero-order valence-corrected chi connectivity index (χ0v) is 15.6. The van der Waals surface area contributed by atoms with Crippen LogP contribution in [0, 0.1) is 0 Å². The molecule has 0 spiro atoms. The van der Waals surface area contributed by atoms with Crippen molar-refractivity contribution >= 4 is 11.9 Å². The number of hydrogen-bond donors (Lipinski definition) is 1. The molecule has 0 bridgehead atoms. The first-order chi connectivity index (χ1) is 13.6. The molecular formula is C24H21NO3. The van der Waals surface area contributed by atoms with Crippen LogP contribution in [0.2, 0.25) is 0 Å². The first-order valence-electron chi connectivity index (χ1n) is 9.32. The Morgan fingerprint density at radius 1 is 0.857 bits per heavy atom. The van der Waals surface area contributed by atoms with Crippen LogP contribution >= 0.6 is 0 Å². The van der Waals surface area contributed by atoms with Crippen LogP contribution in [-0.2, 0) is 11.3 Å². The summed E-state index contributed by atoms with van der Waals surface area (Å²) in [6, 6.07) is 23.7. The van der Waals surface area contributed by atoms with Gasteiger partial charge in [0.2, 0.25) is 0 Å². The van der Waals surface area contributed by atoms with Crippen molar-refractivity contribution in [1.29, 1.82) is 0 Å². The van der Waals surface area contributed by atoms with Crippen LogP contribution in [0.4, 0.5) is 4.79 Å². The summed E-state index contributed by atoms with van der Waals surface area (Å²) in [7, 11) is 0. The van der Waals surface area contributed by atoms with Gasteiger partial charge in [-0.25, -0.2) is 4.79 Å². The highest BCUT2D eigenvalue weighted by atomic mass is 16.5. The Labute approximate surface area is 164 Å². The number of nitrogens with one attached hydrogen (secondary N) is 1. The third-order valence-electron chi connectivity index (χ3n) is 5.14. The molecule has 1 aliphatic rings. The van der Waals surface area contributed by atoms with Crippen LogP contribution in [0.3, 0.4) is 0 Å². The number of ether oxygens (including phenoxy) is 1. The van der Waals surface area contributed by atoms with Crippen molar-refractivity contribution in [2.45, 2.75) is 19.4 Å². The SMILES string of the molecule is CC(=O)c1ccc(CNC(=O)OCC2c3ccccc3-c3ccccc32)cc1. The summed E-state index contributed by atoms with van der Waals surface area (Å²) in [5.41, 5.74) is 6.37. The fourth-order valence-corrected chi connectivity index (χ4v) is 3.68. The maximum Gasteiger partial charge on any atom is 0.407 e. The number of amides is 1. The second-order valence-corrected chi connectivity index (χ2v) is 6.93. The normalized spacial score (nSPS) is 12.2. The molecule has 0 fully saturated rings. The molecule has 0 saturated heterocycles. The van der Waals surface area contributed by atoms with Crippen molar-refractivity contribution in [2.75, 3.05) is 6.61 Å². The average Bonchev–Trinajstić information content (AvgIpc) is 3.05. The van der Waals surface area contributed by atoms with Gasteiger partial charge < -0.3 is 10.1 Å². The first kappa shape index (κ1) is 18.0. The van der Waals surface area contributed by atoms with Gasteiger partial charge in [0, 0.05) is 18.0 Å². The van der Waals surface area contributed by atoms with Crippen LogP contribution < -0.4 is 5.32 Å². The van der Waals surface area contributed by atoms with Crippen molar-refractivity contribution < 1.29 is 14.3 Å². The summed E-state index contributed by atoms with van der Waals surface area (Å²) in [4.78, 5) is 23.5. The molecule has 4 rings (SSSR count). The number of rotatable bonds is 5.